The number of hydrogen-bond acceptors (Lipinski definition) is 7. The molecule has 1 aliphatic carbocycles. The van der Waals surface area contributed by atoms with Gasteiger partial charge in [-0.25, -0.2) is 0 Å². The van der Waals surface area contributed by atoms with Crippen molar-refractivity contribution in [1.82, 2.24) is 5.32 Å². The van der Waals surface area contributed by atoms with E-state index >= 15 is 0 Å². The zero-order valence-electron chi connectivity index (χ0n) is 20.6. The van der Waals surface area contributed by atoms with Crippen LogP contribution in [0.3, 0.4) is 0 Å². The van der Waals surface area contributed by atoms with Crippen LogP contribution in [0, 0.1) is 12.3 Å². The number of Topliss-reactive ketones (excluding diaryl/α,β-unsaturated/α-hetero) is 1. The molecular formula is C26H37ClN2O4S. The maximum Gasteiger partial charge on any atom is 0.179 e. The van der Waals surface area contributed by atoms with E-state index in [0.29, 0.717) is 54.4 Å². The molecule has 4 N–H and O–H groups in total. The fraction of sp³-hybridized carbons (Fsp3) is 0.577. The second-order valence-electron chi connectivity index (χ2n) is 9.78. The van der Waals surface area contributed by atoms with E-state index in [-0.39, 0.29) is 12.4 Å². The second kappa shape index (κ2) is 11.9. The van der Waals surface area contributed by atoms with Crippen molar-refractivity contribution in [2.75, 3.05) is 33.4 Å². The molecule has 6 nitrogen and oxygen atoms in total. The van der Waals surface area contributed by atoms with Gasteiger partial charge in [0.2, 0.25) is 0 Å². The van der Waals surface area contributed by atoms with Gasteiger partial charge >= 0.3 is 0 Å². The lowest BCUT2D eigenvalue weighted by Crippen LogP contribution is -2.34. The molecule has 1 atom stereocenters. The van der Waals surface area contributed by atoms with E-state index in [1.807, 2.05) is 12.1 Å². The van der Waals surface area contributed by atoms with Crippen LogP contribution in [-0.2, 0) is 19.3 Å². The Bertz CT molecular complexity index is 1010. The van der Waals surface area contributed by atoms with Gasteiger partial charge in [-0.2, -0.15) is 0 Å². The van der Waals surface area contributed by atoms with Crippen molar-refractivity contribution in [2.24, 2.45) is 11.1 Å². The summed E-state index contributed by atoms with van der Waals surface area (Å²) in [6, 6.07) is 3.66. The van der Waals surface area contributed by atoms with Crippen molar-refractivity contribution in [3.8, 4) is 11.5 Å². The summed E-state index contributed by atoms with van der Waals surface area (Å²) in [6.07, 6.45) is 3.42. The summed E-state index contributed by atoms with van der Waals surface area (Å²) in [7, 11) is 1.55. The van der Waals surface area contributed by atoms with Crippen LogP contribution in [0.15, 0.2) is 12.1 Å². The highest BCUT2D eigenvalue weighted by Gasteiger charge is 2.31. The SMILES string of the molecule is COc1cc(CCC(=O)c2sc(C)c3c2CCC(C)(C)C3)cc(Cl)c1OCC(O)CNCCN. The monoisotopic (exact) mass is 508 g/mol. The first-order valence-corrected chi connectivity index (χ1v) is 13.1. The molecule has 188 valence electrons. The van der Waals surface area contributed by atoms with Crippen molar-refractivity contribution in [3.05, 3.63) is 43.6 Å². The smallest absolute Gasteiger partial charge is 0.179 e. The lowest BCUT2D eigenvalue weighted by atomic mass is 9.74. The molecule has 8 heteroatoms. The highest BCUT2D eigenvalue weighted by Crippen LogP contribution is 2.42. The van der Waals surface area contributed by atoms with Crippen LogP contribution in [0.25, 0.3) is 0 Å². The zero-order chi connectivity index (χ0) is 24.9. The lowest BCUT2D eigenvalue weighted by Gasteiger charge is -2.30. The molecule has 0 amide bonds. The van der Waals surface area contributed by atoms with Gasteiger partial charge in [-0.15, -0.1) is 11.3 Å². The third kappa shape index (κ3) is 6.73. The molecule has 2 aromatic rings. The van der Waals surface area contributed by atoms with Crippen LogP contribution < -0.4 is 20.5 Å². The van der Waals surface area contributed by atoms with Crippen molar-refractivity contribution >= 4 is 28.7 Å². The molecule has 3 rings (SSSR count). The quantitative estimate of drug-likeness (QED) is 0.292. The molecule has 1 unspecified atom stereocenters. The van der Waals surface area contributed by atoms with Gasteiger partial charge in [0, 0.05) is 30.9 Å². The maximum absolute atomic E-state index is 13.1. The van der Waals surface area contributed by atoms with Gasteiger partial charge in [-0.1, -0.05) is 25.4 Å². The molecule has 0 spiro atoms. The van der Waals surface area contributed by atoms with Gasteiger partial charge in [-0.3, -0.25) is 4.79 Å². The topological polar surface area (TPSA) is 93.8 Å². The maximum atomic E-state index is 13.1. The van der Waals surface area contributed by atoms with E-state index < -0.39 is 6.10 Å². The highest BCUT2D eigenvalue weighted by atomic mass is 35.5. The number of nitrogens with two attached hydrogens (primary N) is 1. The molecule has 0 radical (unpaired) electrons. The predicted octanol–water partition coefficient (Wildman–Crippen LogP) is 4.34. The first kappa shape index (κ1) is 27.0. The van der Waals surface area contributed by atoms with E-state index in [0.717, 1.165) is 29.7 Å². The second-order valence-corrected chi connectivity index (χ2v) is 11.4. The lowest BCUT2D eigenvalue weighted by molar-refractivity contribution is 0.0984. The Balaban J connectivity index is 1.64. The molecule has 34 heavy (non-hydrogen) atoms. The number of carbonyl (C=O) groups excluding carboxylic acids is 1. The zero-order valence-corrected chi connectivity index (χ0v) is 22.2. The first-order valence-electron chi connectivity index (χ1n) is 11.9. The summed E-state index contributed by atoms with van der Waals surface area (Å²) in [5.74, 6) is 1.07. The van der Waals surface area contributed by atoms with Gasteiger partial charge in [-0.05, 0) is 66.8 Å². The number of rotatable bonds is 12. The van der Waals surface area contributed by atoms with Gasteiger partial charge in [0.05, 0.1) is 17.0 Å². The average molecular weight is 509 g/mol. The number of aliphatic hydroxyl groups excluding tert-OH is 1. The Hall–Kier alpha value is -1.64. The summed E-state index contributed by atoms with van der Waals surface area (Å²) in [5.41, 5.74) is 9.31. The third-order valence-electron chi connectivity index (χ3n) is 6.33. The molecule has 0 aliphatic heterocycles. The van der Waals surface area contributed by atoms with Crippen molar-refractivity contribution < 1.29 is 19.4 Å². The number of carbonyl (C=O) groups is 1. The standard InChI is InChI=1S/C26H37ClN2O4S/c1-16-20-13-26(2,3)8-7-19(20)25(34-16)22(31)6-5-17-11-21(27)24(23(12-17)32-4)33-15-18(30)14-29-10-9-28/h11-12,18,29-30H,5-10,13-15,28H2,1-4H3. The molecular weight excluding hydrogens is 472 g/mol. The minimum atomic E-state index is -0.699. The van der Waals surface area contributed by atoms with E-state index in [1.165, 1.54) is 16.0 Å². The molecule has 1 aromatic heterocycles. The Morgan fingerprint density at radius 2 is 2.12 bits per heavy atom. The number of thiophene rings is 1. The minimum absolute atomic E-state index is 0.0745. The number of methoxy groups -OCH3 is 1. The summed E-state index contributed by atoms with van der Waals surface area (Å²) in [5, 5.41) is 13.5. The molecule has 0 saturated heterocycles. The Labute approximate surface area is 211 Å². The van der Waals surface area contributed by atoms with E-state index in [1.54, 1.807) is 18.4 Å². The number of aliphatic hydroxyl groups is 1. The van der Waals surface area contributed by atoms with Gasteiger partial charge < -0.3 is 25.6 Å². The summed E-state index contributed by atoms with van der Waals surface area (Å²) in [4.78, 5) is 15.3. The molecule has 0 fully saturated rings. The van der Waals surface area contributed by atoms with Crippen LogP contribution in [0.1, 0.15) is 57.9 Å². The van der Waals surface area contributed by atoms with Crippen LogP contribution in [0.4, 0.5) is 0 Å². The third-order valence-corrected chi connectivity index (χ3v) is 7.84. The van der Waals surface area contributed by atoms with E-state index in [4.69, 9.17) is 26.8 Å². The highest BCUT2D eigenvalue weighted by molar-refractivity contribution is 7.14. The van der Waals surface area contributed by atoms with Crippen LogP contribution >= 0.6 is 22.9 Å². The number of nitrogens with one attached hydrogen (secondary N) is 1. The van der Waals surface area contributed by atoms with Gasteiger partial charge in [0.1, 0.15) is 12.7 Å². The van der Waals surface area contributed by atoms with Gasteiger partial charge in [0.25, 0.3) is 0 Å². The van der Waals surface area contributed by atoms with Crippen molar-refractivity contribution in [2.45, 2.75) is 59.0 Å². The molecule has 1 heterocycles. The number of aryl methyl sites for hydroxylation is 2. The molecule has 0 saturated carbocycles. The normalized spacial score (nSPS) is 15.6. The van der Waals surface area contributed by atoms with Crippen LogP contribution in [0.5, 0.6) is 11.5 Å². The first-order chi connectivity index (χ1) is 16.1. The number of ketones is 1. The average Bonchev–Trinajstić information content (AvgIpc) is 3.11. The van der Waals surface area contributed by atoms with Crippen LogP contribution in [-0.4, -0.2) is 50.3 Å². The van der Waals surface area contributed by atoms with Crippen molar-refractivity contribution in [3.63, 3.8) is 0 Å². The summed E-state index contributed by atoms with van der Waals surface area (Å²) < 4.78 is 11.2. The fourth-order valence-corrected chi connectivity index (χ4v) is 5.89. The largest absolute Gasteiger partial charge is 0.493 e. The Morgan fingerprint density at radius 3 is 2.82 bits per heavy atom. The van der Waals surface area contributed by atoms with Crippen LogP contribution in [0.2, 0.25) is 5.02 Å². The summed E-state index contributed by atoms with van der Waals surface area (Å²) >= 11 is 8.13. The number of fused-ring (bicyclic) bond motifs is 1. The molecule has 0 bridgehead atoms. The Morgan fingerprint density at radius 1 is 1.35 bits per heavy atom. The minimum Gasteiger partial charge on any atom is -0.493 e. The van der Waals surface area contributed by atoms with Crippen molar-refractivity contribution in [1.29, 1.82) is 0 Å². The fourth-order valence-electron chi connectivity index (χ4n) is 4.42. The van der Waals surface area contributed by atoms with E-state index in [9.17, 15) is 9.90 Å². The van der Waals surface area contributed by atoms with E-state index in [2.05, 4.69) is 26.1 Å². The predicted molar refractivity (Wildman–Crippen MR) is 139 cm³/mol. The van der Waals surface area contributed by atoms with Gasteiger partial charge in [0.15, 0.2) is 17.3 Å². The number of hydrogen-bond donors (Lipinski definition) is 3. The molecule has 1 aliphatic rings. The Kier molecular flexibility index (Phi) is 9.41. The molecule has 1 aromatic carbocycles. The number of ether oxygens (including phenoxy) is 2. The summed E-state index contributed by atoms with van der Waals surface area (Å²) in [6.45, 7) is 8.32. The number of benzene rings is 1. The number of halogens is 1.